The third-order valence-corrected chi connectivity index (χ3v) is 15.6. The van der Waals surface area contributed by atoms with E-state index in [0.717, 1.165) is 43.0 Å². The van der Waals surface area contributed by atoms with Crippen LogP contribution in [0.2, 0.25) is 0 Å². The van der Waals surface area contributed by atoms with Crippen molar-refractivity contribution in [3.63, 3.8) is 0 Å². The number of carbonyl (C=O) groups is 3. The molecule has 2 amide bonds. The van der Waals surface area contributed by atoms with E-state index in [1.54, 1.807) is 9.58 Å². The first-order chi connectivity index (χ1) is 44.4. The number of halogens is 3. The quantitative estimate of drug-likeness (QED) is 0.0331. The van der Waals surface area contributed by atoms with Crippen LogP contribution < -0.4 is 10.1 Å². The zero-order valence-electron chi connectivity index (χ0n) is 53.1. The Morgan fingerprint density at radius 1 is 0.604 bits per heavy atom. The number of carbonyl (C=O) groups excluding carboxylic acids is 3. The molecule has 5 heterocycles. The van der Waals surface area contributed by atoms with Gasteiger partial charge in [-0.05, 0) is 44.6 Å². The molecule has 2 aromatic heterocycles. The average molecular weight is 1290 g/mol. The predicted molar refractivity (Wildman–Crippen MR) is 323 cm³/mol. The summed E-state index contributed by atoms with van der Waals surface area (Å²) in [5.41, 5.74) is 1.80. The van der Waals surface area contributed by atoms with E-state index in [1.807, 2.05) is 24.4 Å². The number of aromatic nitrogens is 6. The van der Waals surface area contributed by atoms with Gasteiger partial charge in [-0.1, -0.05) is 49.4 Å². The lowest BCUT2D eigenvalue weighted by atomic mass is 9.94. The standard InChI is InChI=1S/C63H94F3N9O16/c1-47(2)62-70-68-48(3)75(62)58-43-53-9-10-57(58)74(53)16-12-56(49-7-5-4-6-8-49)67-63(78)50-11-15-72(44-50)59(76)13-18-79-21-24-82-37-38-89-39-40-90-46-52-45-73(71-69-52)17-20-81-23-26-84-28-30-86-32-34-88-36-35-87-33-31-85-29-27-83-25-22-80-19-14-60(77)91-61-54(65)41-51(64)42-55(61)66/h4-8,41-42,45,47,50,53,56-58H,9-40,43-44,46H2,1-3H3,(H,67,78)/t50-,53?,56+,57?,58?/m1/s1. The molecule has 2 bridgehead atoms. The highest BCUT2D eigenvalue weighted by Gasteiger charge is 2.48. The molecule has 25 nitrogen and oxygen atoms in total. The summed E-state index contributed by atoms with van der Waals surface area (Å²) in [6, 6.07) is 12.3. The summed E-state index contributed by atoms with van der Waals surface area (Å²) in [7, 11) is 0. The number of rotatable bonds is 50. The molecule has 0 aliphatic carbocycles. The first-order valence-electron chi connectivity index (χ1n) is 31.9. The molecule has 3 unspecified atom stereocenters. The molecule has 7 rings (SSSR count). The minimum absolute atomic E-state index is 0.00279. The predicted octanol–water partition coefficient (Wildman–Crippen LogP) is 5.38. The molecule has 5 atom stereocenters. The number of likely N-dealkylation sites (tertiary alicyclic amines) is 1. The molecule has 3 fully saturated rings. The largest absolute Gasteiger partial charge is 0.420 e. The van der Waals surface area contributed by atoms with Crippen molar-refractivity contribution in [1.82, 2.24) is 44.9 Å². The van der Waals surface area contributed by atoms with Gasteiger partial charge in [0.05, 0.1) is 202 Å². The Morgan fingerprint density at radius 3 is 1.69 bits per heavy atom. The van der Waals surface area contributed by atoms with Crippen molar-refractivity contribution in [3.8, 4) is 5.75 Å². The van der Waals surface area contributed by atoms with E-state index >= 15 is 0 Å². The van der Waals surface area contributed by atoms with Gasteiger partial charge < -0.3 is 76.4 Å². The second kappa shape index (κ2) is 41.9. The van der Waals surface area contributed by atoms with Gasteiger partial charge in [0.25, 0.3) is 0 Å². The molecular weight excluding hydrogens is 1200 g/mol. The Kier molecular flexibility index (Phi) is 33.5. The van der Waals surface area contributed by atoms with Crippen LogP contribution in [0, 0.1) is 30.3 Å². The van der Waals surface area contributed by atoms with E-state index in [2.05, 4.69) is 72.9 Å². The van der Waals surface area contributed by atoms with E-state index in [1.165, 1.54) is 6.42 Å². The van der Waals surface area contributed by atoms with E-state index in [0.29, 0.717) is 200 Å². The van der Waals surface area contributed by atoms with Gasteiger partial charge in [-0.2, -0.15) is 0 Å². The van der Waals surface area contributed by atoms with Gasteiger partial charge in [-0.3, -0.25) is 19.3 Å². The molecule has 4 aromatic rings. The number of amides is 2. The molecule has 3 aliphatic heterocycles. The van der Waals surface area contributed by atoms with Gasteiger partial charge in [0, 0.05) is 49.8 Å². The number of nitrogens with zero attached hydrogens (tertiary/aromatic N) is 8. The number of esters is 1. The topological polar surface area (TPSA) is 251 Å². The normalized spacial score (nSPS) is 17.7. The van der Waals surface area contributed by atoms with Crippen LogP contribution >= 0.6 is 0 Å². The molecule has 28 heteroatoms. The maximum Gasteiger partial charge on any atom is 0.313 e. The molecule has 0 spiro atoms. The highest BCUT2D eigenvalue weighted by molar-refractivity contribution is 5.82. The Bertz CT molecular complexity index is 2680. The van der Waals surface area contributed by atoms with Gasteiger partial charge in [-0.25, -0.2) is 17.9 Å². The molecule has 1 N–H and O–H groups in total. The summed E-state index contributed by atoms with van der Waals surface area (Å²) >= 11 is 0. The van der Waals surface area contributed by atoms with Crippen LogP contribution in [0.25, 0.3) is 0 Å². The Labute approximate surface area is 531 Å². The maximum atomic E-state index is 13.8. The number of aryl methyl sites for hydroxylation is 1. The van der Waals surface area contributed by atoms with Crippen LogP contribution in [0.4, 0.5) is 13.2 Å². The summed E-state index contributed by atoms with van der Waals surface area (Å²) in [5, 5.41) is 20.7. The summed E-state index contributed by atoms with van der Waals surface area (Å²) in [5.74, 6) is -3.50. The number of hydrogen-bond donors (Lipinski definition) is 1. The highest BCUT2D eigenvalue weighted by Crippen LogP contribution is 2.46. The molecular formula is C63H94F3N9O16. The van der Waals surface area contributed by atoms with E-state index in [9.17, 15) is 27.6 Å². The van der Waals surface area contributed by atoms with Crippen LogP contribution in [0.3, 0.4) is 0 Å². The van der Waals surface area contributed by atoms with Gasteiger partial charge in [0.2, 0.25) is 17.6 Å². The zero-order chi connectivity index (χ0) is 64.3. The van der Waals surface area contributed by atoms with E-state index in [4.69, 9.17) is 56.8 Å². The van der Waals surface area contributed by atoms with Crippen molar-refractivity contribution in [2.24, 2.45) is 5.92 Å². The number of benzene rings is 2. The molecule has 91 heavy (non-hydrogen) atoms. The molecule has 3 aliphatic rings. The number of ether oxygens (including phenoxy) is 13. The van der Waals surface area contributed by atoms with Crippen LogP contribution in [0.15, 0.2) is 48.7 Å². The molecule has 0 radical (unpaired) electrons. The fourth-order valence-corrected chi connectivity index (χ4v) is 11.1. The van der Waals surface area contributed by atoms with Crippen molar-refractivity contribution >= 4 is 17.8 Å². The van der Waals surface area contributed by atoms with Crippen molar-refractivity contribution in [3.05, 3.63) is 89.0 Å². The van der Waals surface area contributed by atoms with E-state index in [-0.39, 0.29) is 63.0 Å². The second-order valence-electron chi connectivity index (χ2n) is 22.5. The maximum absolute atomic E-state index is 13.8. The minimum atomic E-state index is -1.31. The summed E-state index contributed by atoms with van der Waals surface area (Å²) in [6.07, 6.45) is 6.72. The van der Waals surface area contributed by atoms with Crippen molar-refractivity contribution in [1.29, 1.82) is 0 Å². The second-order valence-corrected chi connectivity index (χ2v) is 22.5. The van der Waals surface area contributed by atoms with E-state index < -0.39 is 29.2 Å². The molecule has 508 valence electrons. The lowest BCUT2D eigenvalue weighted by Gasteiger charge is -2.29. The van der Waals surface area contributed by atoms with Gasteiger partial charge in [0.15, 0.2) is 11.6 Å². The average Bonchev–Trinajstić information content (AvgIpc) is 1.61. The third kappa shape index (κ3) is 26.0. The lowest BCUT2D eigenvalue weighted by molar-refractivity contribution is -0.136. The van der Waals surface area contributed by atoms with Crippen LogP contribution in [-0.2, 0) is 84.4 Å². The zero-order valence-corrected chi connectivity index (χ0v) is 53.1. The first kappa shape index (κ1) is 72.8. The summed E-state index contributed by atoms with van der Waals surface area (Å²) in [4.78, 5) is 43.1. The number of fused-ring (bicyclic) bond motifs is 2. The van der Waals surface area contributed by atoms with Crippen LogP contribution in [0.5, 0.6) is 5.75 Å². The molecule has 0 saturated carbocycles. The highest BCUT2D eigenvalue weighted by atomic mass is 19.1. The smallest absolute Gasteiger partial charge is 0.313 e. The van der Waals surface area contributed by atoms with Crippen LogP contribution in [-0.4, -0.2) is 241 Å². The Hall–Kier alpha value is -5.60. The fourth-order valence-electron chi connectivity index (χ4n) is 11.1. The molecule has 2 aromatic carbocycles. The van der Waals surface area contributed by atoms with Gasteiger partial charge in [0.1, 0.15) is 23.2 Å². The summed E-state index contributed by atoms with van der Waals surface area (Å²) in [6.45, 7) is 17.5. The summed E-state index contributed by atoms with van der Waals surface area (Å²) < 4.78 is 115. The van der Waals surface area contributed by atoms with Crippen molar-refractivity contribution < 1.29 is 89.1 Å². The molecule has 3 saturated heterocycles. The van der Waals surface area contributed by atoms with Crippen molar-refractivity contribution in [2.45, 2.75) is 109 Å². The van der Waals surface area contributed by atoms with Crippen molar-refractivity contribution in [2.75, 3.05) is 172 Å². The SMILES string of the molecule is Cc1nnc(C(C)C)n1C1CC2CCC1N2CC[C@H](NC(=O)[C@@H]1CCN(C(=O)CCOCCOCCOCCOCc2cn(CCOCCOCCOCCOCCOCCOCCOCCOCCC(=O)Oc3c(F)cc(F)cc3F)nn2)C1)c1ccccc1. The van der Waals surface area contributed by atoms with Crippen LogP contribution in [0.1, 0.15) is 99.7 Å². The lowest BCUT2D eigenvalue weighted by Crippen LogP contribution is -2.39. The Balaban J connectivity index is 0.576. The van der Waals surface area contributed by atoms with Gasteiger partial charge >= 0.3 is 5.97 Å². The monoisotopic (exact) mass is 1290 g/mol. The number of hydrogen-bond acceptors (Lipinski definition) is 21. The first-order valence-corrected chi connectivity index (χ1v) is 31.9. The van der Waals surface area contributed by atoms with Gasteiger partial charge in [-0.15, -0.1) is 15.3 Å². The minimum Gasteiger partial charge on any atom is -0.420 e. The fraction of sp³-hybridized carbons (Fsp3) is 0.698. The number of nitrogens with one attached hydrogen (secondary N) is 1. The Morgan fingerprint density at radius 2 is 1.13 bits per heavy atom. The third-order valence-electron chi connectivity index (χ3n) is 15.6.